The van der Waals surface area contributed by atoms with Gasteiger partial charge in [-0.25, -0.2) is 8.42 Å². The summed E-state index contributed by atoms with van der Waals surface area (Å²) in [6.07, 6.45) is 0. The van der Waals surface area contributed by atoms with Gasteiger partial charge in [0, 0.05) is 5.56 Å². The molecule has 0 amide bonds. The number of rotatable bonds is 5. The van der Waals surface area contributed by atoms with E-state index in [-0.39, 0.29) is 11.7 Å². The number of carbonyl (C=O) groups is 1. The van der Waals surface area contributed by atoms with E-state index in [9.17, 15) is 13.2 Å². The standard InChI is InChI=1S/C15H22O3S/c1-10(2)12(4)19(17,18)13(5)15(16)14-8-6-11(3)7-9-14/h6-10,12-13H,1-5H3. The van der Waals surface area contributed by atoms with Gasteiger partial charge in [0.25, 0.3) is 0 Å². The van der Waals surface area contributed by atoms with Gasteiger partial charge in [0.15, 0.2) is 15.6 Å². The van der Waals surface area contributed by atoms with E-state index < -0.39 is 20.3 Å². The number of hydrogen-bond acceptors (Lipinski definition) is 3. The average molecular weight is 282 g/mol. The van der Waals surface area contributed by atoms with Crippen LogP contribution in [0.2, 0.25) is 0 Å². The molecule has 0 aliphatic heterocycles. The summed E-state index contributed by atoms with van der Waals surface area (Å²) in [4.78, 5) is 12.3. The number of sulfone groups is 1. The number of benzene rings is 1. The van der Waals surface area contributed by atoms with Crippen LogP contribution in [0.25, 0.3) is 0 Å². The van der Waals surface area contributed by atoms with Crippen LogP contribution in [0.5, 0.6) is 0 Å². The van der Waals surface area contributed by atoms with Gasteiger partial charge in [-0.05, 0) is 26.7 Å². The molecular weight excluding hydrogens is 260 g/mol. The fraction of sp³-hybridized carbons (Fsp3) is 0.533. The predicted octanol–water partition coefficient (Wildman–Crippen LogP) is 3.03. The summed E-state index contributed by atoms with van der Waals surface area (Å²) in [5.41, 5.74) is 1.50. The molecule has 1 aromatic carbocycles. The average Bonchev–Trinajstić information content (AvgIpc) is 2.36. The van der Waals surface area contributed by atoms with Gasteiger partial charge in [-0.2, -0.15) is 0 Å². The highest BCUT2D eigenvalue weighted by Gasteiger charge is 2.34. The van der Waals surface area contributed by atoms with E-state index in [1.54, 1.807) is 19.1 Å². The summed E-state index contributed by atoms with van der Waals surface area (Å²) in [6, 6.07) is 7.00. The van der Waals surface area contributed by atoms with Gasteiger partial charge in [-0.3, -0.25) is 4.79 Å². The van der Waals surface area contributed by atoms with Gasteiger partial charge >= 0.3 is 0 Å². The molecular formula is C15H22O3S. The Morgan fingerprint density at radius 3 is 1.89 bits per heavy atom. The largest absolute Gasteiger partial charge is 0.293 e. The minimum Gasteiger partial charge on any atom is -0.293 e. The molecule has 3 nitrogen and oxygen atoms in total. The molecule has 0 aliphatic carbocycles. The normalized spacial score (nSPS) is 15.3. The molecule has 0 saturated carbocycles. The number of carbonyl (C=O) groups excluding carboxylic acids is 1. The molecule has 0 saturated heterocycles. The first-order valence-electron chi connectivity index (χ1n) is 6.51. The van der Waals surface area contributed by atoms with Crippen molar-refractivity contribution in [3.05, 3.63) is 35.4 Å². The van der Waals surface area contributed by atoms with Crippen molar-refractivity contribution in [3.63, 3.8) is 0 Å². The van der Waals surface area contributed by atoms with Gasteiger partial charge in [-0.15, -0.1) is 0 Å². The molecule has 0 heterocycles. The zero-order chi connectivity index (χ0) is 14.8. The molecule has 0 aromatic heterocycles. The molecule has 2 atom stereocenters. The van der Waals surface area contributed by atoms with Crippen molar-refractivity contribution in [2.45, 2.75) is 45.1 Å². The molecule has 0 fully saturated rings. The molecule has 0 N–H and O–H groups in total. The first-order chi connectivity index (χ1) is 8.67. The predicted molar refractivity (Wildman–Crippen MR) is 78.2 cm³/mol. The Morgan fingerprint density at radius 1 is 1.00 bits per heavy atom. The second-order valence-electron chi connectivity index (χ2n) is 5.41. The van der Waals surface area contributed by atoms with Crippen LogP contribution in [0.3, 0.4) is 0 Å². The summed E-state index contributed by atoms with van der Waals surface area (Å²) in [5, 5.41) is -1.51. The molecule has 1 aromatic rings. The minimum atomic E-state index is -3.45. The smallest absolute Gasteiger partial charge is 0.180 e. The van der Waals surface area contributed by atoms with Gasteiger partial charge < -0.3 is 0 Å². The van der Waals surface area contributed by atoms with Crippen molar-refractivity contribution in [3.8, 4) is 0 Å². The zero-order valence-electron chi connectivity index (χ0n) is 12.2. The first kappa shape index (κ1) is 15.9. The van der Waals surface area contributed by atoms with E-state index in [0.29, 0.717) is 5.56 Å². The third kappa shape index (κ3) is 3.44. The third-order valence-electron chi connectivity index (χ3n) is 3.66. The van der Waals surface area contributed by atoms with E-state index in [2.05, 4.69) is 0 Å². The van der Waals surface area contributed by atoms with E-state index >= 15 is 0 Å². The van der Waals surface area contributed by atoms with Gasteiger partial charge in [0.05, 0.1) is 5.25 Å². The molecule has 0 bridgehead atoms. The lowest BCUT2D eigenvalue weighted by Gasteiger charge is -2.20. The molecule has 1 rings (SSSR count). The highest BCUT2D eigenvalue weighted by atomic mass is 32.2. The zero-order valence-corrected chi connectivity index (χ0v) is 13.0. The molecule has 4 heteroatoms. The Kier molecular flexibility index (Phi) is 4.91. The molecule has 0 radical (unpaired) electrons. The van der Waals surface area contributed by atoms with E-state index in [1.165, 1.54) is 6.92 Å². The fourth-order valence-corrected chi connectivity index (χ4v) is 3.64. The fourth-order valence-electron chi connectivity index (χ4n) is 1.80. The highest BCUT2D eigenvalue weighted by molar-refractivity contribution is 7.93. The van der Waals surface area contributed by atoms with Gasteiger partial charge in [-0.1, -0.05) is 43.7 Å². The lowest BCUT2D eigenvalue weighted by atomic mass is 10.1. The minimum absolute atomic E-state index is 0.00160. The molecule has 0 aliphatic rings. The van der Waals surface area contributed by atoms with Crippen LogP contribution >= 0.6 is 0 Å². The van der Waals surface area contributed by atoms with Crippen LogP contribution in [-0.4, -0.2) is 24.7 Å². The Morgan fingerprint density at radius 2 is 1.47 bits per heavy atom. The monoisotopic (exact) mass is 282 g/mol. The van der Waals surface area contributed by atoms with E-state index in [4.69, 9.17) is 0 Å². The molecule has 0 spiro atoms. The van der Waals surface area contributed by atoms with Crippen molar-refractivity contribution in [1.82, 2.24) is 0 Å². The Labute approximate surface area is 116 Å². The van der Waals surface area contributed by atoms with Crippen LogP contribution in [-0.2, 0) is 9.84 Å². The van der Waals surface area contributed by atoms with Crippen molar-refractivity contribution in [2.24, 2.45) is 5.92 Å². The highest BCUT2D eigenvalue weighted by Crippen LogP contribution is 2.20. The third-order valence-corrected chi connectivity index (χ3v) is 6.44. The van der Waals surface area contributed by atoms with Crippen molar-refractivity contribution in [1.29, 1.82) is 0 Å². The lowest BCUT2D eigenvalue weighted by Crippen LogP contribution is -2.36. The maximum Gasteiger partial charge on any atom is 0.180 e. The summed E-state index contributed by atoms with van der Waals surface area (Å²) >= 11 is 0. The summed E-state index contributed by atoms with van der Waals surface area (Å²) < 4.78 is 24.7. The second kappa shape index (κ2) is 5.87. The van der Waals surface area contributed by atoms with Crippen LogP contribution in [0.1, 0.15) is 43.6 Å². The summed E-state index contributed by atoms with van der Waals surface area (Å²) in [6.45, 7) is 8.78. The number of ketones is 1. The maximum atomic E-state index is 12.3. The number of Topliss-reactive ketones (excluding diaryl/α,β-unsaturated/α-hetero) is 1. The summed E-state index contributed by atoms with van der Waals surface area (Å²) in [7, 11) is -3.45. The molecule has 2 unspecified atom stereocenters. The Balaban J connectivity index is 3.03. The lowest BCUT2D eigenvalue weighted by molar-refractivity contribution is 0.0991. The van der Waals surface area contributed by atoms with Crippen molar-refractivity contribution >= 4 is 15.6 Å². The first-order valence-corrected chi connectivity index (χ1v) is 8.12. The molecule has 19 heavy (non-hydrogen) atoms. The van der Waals surface area contributed by atoms with Gasteiger partial charge in [0.2, 0.25) is 0 Å². The van der Waals surface area contributed by atoms with E-state index in [0.717, 1.165) is 5.56 Å². The van der Waals surface area contributed by atoms with Crippen LogP contribution in [0, 0.1) is 12.8 Å². The summed E-state index contributed by atoms with van der Waals surface area (Å²) in [5.74, 6) is -0.328. The van der Waals surface area contributed by atoms with Crippen molar-refractivity contribution in [2.75, 3.05) is 0 Å². The molecule has 106 valence electrons. The van der Waals surface area contributed by atoms with Gasteiger partial charge in [0.1, 0.15) is 5.25 Å². The quantitative estimate of drug-likeness (QED) is 0.780. The van der Waals surface area contributed by atoms with Crippen LogP contribution in [0.15, 0.2) is 24.3 Å². The van der Waals surface area contributed by atoms with Crippen LogP contribution in [0.4, 0.5) is 0 Å². The number of hydrogen-bond donors (Lipinski definition) is 0. The van der Waals surface area contributed by atoms with Crippen LogP contribution < -0.4 is 0 Å². The second-order valence-corrected chi connectivity index (χ2v) is 8.04. The Hall–Kier alpha value is -1.16. The van der Waals surface area contributed by atoms with Crippen molar-refractivity contribution < 1.29 is 13.2 Å². The van der Waals surface area contributed by atoms with E-state index in [1.807, 2.05) is 32.9 Å². The Bertz CT molecular complexity index is 541. The maximum absolute atomic E-state index is 12.3. The number of aryl methyl sites for hydroxylation is 1. The topological polar surface area (TPSA) is 51.2 Å². The SMILES string of the molecule is Cc1ccc(C(=O)C(C)S(=O)(=O)C(C)C(C)C)cc1.